The maximum atomic E-state index is 6.49. The van der Waals surface area contributed by atoms with Crippen LogP contribution in [0, 0.1) is 0 Å². The van der Waals surface area contributed by atoms with E-state index in [1.165, 1.54) is 10.8 Å². The molecule has 6 nitrogen and oxygen atoms in total. The van der Waals surface area contributed by atoms with Gasteiger partial charge in [0.15, 0.2) is 17.5 Å². The third-order valence-corrected chi connectivity index (χ3v) is 9.84. The minimum atomic E-state index is 0.591. The minimum Gasteiger partial charge on any atom is -0.456 e. The lowest BCUT2D eigenvalue weighted by Gasteiger charge is -2.08. The molecule has 0 saturated carbocycles. The minimum absolute atomic E-state index is 0.591. The van der Waals surface area contributed by atoms with Crippen LogP contribution >= 0.6 is 0 Å². The van der Waals surface area contributed by atoms with E-state index in [-0.39, 0.29) is 0 Å². The van der Waals surface area contributed by atoms with Crippen LogP contribution in [0.1, 0.15) is 0 Å². The topological polar surface area (TPSA) is 69.9 Å². The second kappa shape index (κ2) is 10.7. The fraction of sp³-hybridized carbons (Fsp3) is 0. The smallest absolute Gasteiger partial charge is 0.164 e. The number of fused-ring (bicyclic) bond motifs is 9. The molecule has 4 aromatic heterocycles. The largest absolute Gasteiger partial charge is 0.456 e. The molecule has 0 spiro atoms. The summed E-state index contributed by atoms with van der Waals surface area (Å²) in [7, 11) is 0. The molecule has 0 saturated heterocycles. The van der Waals surface area contributed by atoms with Gasteiger partial charge in [-0.15, -0.1) is 0 Å². The molecule has 11 aromatic rings. The van der Waals surface area contributed by atoms with Crippen LogP contribution in [0.2, 0.25) is 0 Å². The Hall–Kier alpha value is -7.05. The van der Waals surface area contributed by atoms with E-state index in [1.54, 1.807) is 0 Å². The lowest BCUT2D eigenvalue weighted by atomic mass is 10.1. The third kappa shape index (κ3) is 4.33. The molecule has 0 amide bonds. The van der Waals surface area contributed by atoms with Crippen LogP contribution in [0.25, 0.3) is 106 Å². The van der Waals surface area contributed by atoms with Crippen molar-refractivity contribution in [2.45, 2.75) is 0 Å². The van der Waals surface area contributed by atoms with Crippen LogP contribution in [0.4, 0.5) is 0 Å². The Kier molecular flexibility index (Phi) is 5.86. The van der Waals surface area contributed by atoms with Crippen molar-refractivity contribution in [1.82, 2.24) is 19.5 Å². The Balaban J connectivity index is 1.07. The molecule has 0 radical (unpaired) electrons. The van der Waals surface area contributed by atoms with Crippen molar-refractivity contribution >= 4 is 65.7 Å². The van der Waals surface area contributed by atoms with E-state index in [1.807, 2.05) is 78.9 Å². The summed E-state index contributed by atoms with van der Waals surface area (Å²) in [5.41, 5.74) is 9.36. The van der Waals surface area contributed by atoms with Crippen LogP contribution in [-0.4, -0.2) is 19.5 Å². The number of nitrogens with zero attached hydrogens (tertiary/aromatic N) is 4. The zero-order chi connectivity index (χ0) is 33.5. The van der Waals surface area contributed by atoms with Gasteiger partial charge in [-0.2, -0.15) is 0 Å². The highest BCUT2D eigenvalue weighted by atomic mass is 16.3. The van der Waals surface area contributed by atoms with Gasteiger partial charge in [-0.3, -0.25) is 0 Å². The molecule has 0 aliphatic heterocycles. The van der Waals surface area contributed by atoms with Crippen LogP contribution in [0.3, 0.4) is 0 Å². The summed E-state index contributed by atoms with van der Waals surface area (Å²) in [5, 5.41) is 6.70. The first-order valence-electron chi connectivity index (χ1n) is 16.9. The van der Waals surface area contributed by atoms with Crippen LogP contribution in [0.15, 0.2) is 167 Å². The summed E-state index contributed by atoms with van der Waals surface area (Å²) in [5.74, 6) is 1.84. The predicted octanol–water partition coefficient (Wildman–Crippen LogP) is 11.8. The van der Waals surface area contributed by atoms with Crippen LogP contribution in [-0.2, 0) is 0 Å². The summed E-state index contributed by atoms with van der Waals surface area (Å²) >= 11 is 0. The van der Waals surface area contributed by atoms with E-state index in [0.29, 0.717) is 17.5 Å². The second-order valence-electron chi connectivity index (χ2n) is 12.8. The Morgan fingerprint density at radius 2 is 0.902 bits per heavy atom. The number of para-hydroxylation sites is 2. The molecule has 11 rings (SSSR count). The van der Waals surface area contributed by atoms with Gasteiger partial charge in [-0.1, -0.05) is 103 Å². The number of aromatic nitrogens is 4. The van der Waals surface area contributed by atoms with Gasteiger partial charge in [-0.25, -0.2) is 15.0 Å². The highest BCUT2D eigenvalue weighted by Gasteiger charge is 2.19. The molecule has 0 fully saturated rings. The molecule has 0 atom stereocenters. The molecule has 0 aliphatic rings. The summed E-state index contributed by atoms with van der Waals surface area (Å²) in [6.07, 6.45) is 0. The first-order valence-corrected chi connectivity index (χ1v) is 16.9. The number of benzene rings is 7. The van der Waals surface area contributed by atoms with Crippen LogP contribution in [0.5, 0.6) is 0 Å². The summed E-state index contributed by atoms with van der Waals surface area (Å²) in [4.78, 5) is 14.7. The molecule has 4 heterocycles. The zero-order valence-corrected chi connectivity index (χ0v) is 27.1. The van der Waals surface area contributed by atoms with E-state index in [9.17, 15) is 0 Å². The Bertz CT molecular complexity index is 3080. The molecule has 0 unspecified atom stereocenters. The number of furan rings is 2. The molecular formula is C45H26N4O2. The van der Waals surface area contributed by atoms with Crippen molar-refractivity contribution in [2.75, 3.05) is 0 Å². The van der Waals surface area contributed by atoms with E-state index in [0.717, 1.165) is 77.3 Å². The summed E-state index contributed by atoms with van der Waals surface area (Å²) < 4.78 is 15.1. The van der Waals surface area contributed by atoms with Gasteiger partial charge < -0.3 is 13.4 Å². The lowest BCUT2D eigenvalue weighted by Crippen LogP contribution is -2.00. The zero-order valence-electron chi connectivity index (χ0n) is 27.1. The van der Waals surface area contributed by atoms with E-state index in [4.69, 9.17) is 23.8 Å². The van der Waals surface area contributed by atoms with Gasteiger partial charge in [-0.05, 0) is 48.5 Å². The van der Waals surface area contributed by atoms with Gasteiger partial charge in [0.1, 0.15) is 22.3 Å². The Morgan fingerprint density at radius 3 is 1.65 bits per heavy atom. The maximum absolute atomic E-state index is 6.49. The van der Waals surface area contributed by atoms with E-state index >= 15 is 0 Å². The van der Waals surface area contributed by atoms with E-state index < -0.39 is 0 Å². The second-order valence-corrected chi connectivity index (χ2v) is 12.8. The number of rotatable bonds is 4. The van der Waals surface area contributed by atoms with Crippen molar-refractivity contribution in [3.63, 3.8) is 0 Å². The fourth-order valence-corrected chi connectivity index (χ4v) is 7.45. The maximum Gasteiger partial charge on any atom is 0.164 e. The van der Waals surface area contributed by atoms with Crippen molar-refractivity contribution in [3.05, 3.63) is 158 Å². The van der Waals surface area contributed by atoms with Gasteiger partial charge in [0.05, 0.1) is 11.0 Å². The highest BCUT2D eigenvalue weighted by Crippen LogP contribution is 2.40. The molecular weight excluding hydrogens is 629 g/mol. The third-order valence-electron chi connectivity index (χ3n) is 9.84. The monoisotopic (exact) mass is 654 g/mol. The van der Waals surface area contributed by atoms with Gasteiger partial charge in [0, 0.05) is 60.8 Å². The lowest BCUT2D eigenvalue weighted by molar-refractivity contribution is 0.668. The van der Waals surface area contributed by atoms with Crippen molar-refractivity contribution in [1.29, 1.82) is 0 Å². The number of hydrogen-bond donors (Lipinski definition) is 0. The Labute approximate surface area is 290 Å². The highest BCUT2D eigenvalue weighted by molar-refractivity contribution is 6.17. The van der Waals surface area contributed by atoms with Gasteiger partial charge in [0.2, 0.25) is 0 Å². The molecule has 7 aromatic carbocycles. The normalized spacial score (nSPS) is 11.9. The standard InChI is InChI=1S/C45H26N4O2/c1-3-11-27(12-4-1)43-46-44(28-13-5-2-6-14-28)48-45(47-43)29-19-21-33-35-24-30(20-22-40(35)51-41(33)23-29)49-37-17-9-7-15-31(37)34-25-36-32-16-8-10-18-39(32)50-42(36)26-38(34)49/h1-26H. The molecule has 51 heavy (non-hydrogen) atoms. The Morgan fingerprint density at radius 1 is 0.333 bits per heavy atom. The molecule has 0 bridgehead atoms. The van der Waals surface area contributed by atoms with Crippen LogP contribution < -0.4 is 0 Å². The average molecular weight is 655 g/mol. The van der Waals surface area contributed by atoms with Gasteiger partial charge in [0.25, 0.3) is 0 Å². The van der Waals surface area contributed by atoms with E-state index in [2.05, 4.69) is 83.4 Å². The summed E-state index contributed by atoms with van der Waals surface area (Å²) in [6.45, 7) is 0. The average Bonchev–Trinajstić information content (AvgIpc) is 3.86. The molecule has 6 heteroatoms. The molecule has 0 N–H and O–H groups in total. The van der Waals surface area contributed by atoms with Crippen molar-refractivity contribution in [3.8, 4) is 39.9 Å². The fourth-order valence-electron chi connectivity index (χ4n) is 7.45. The summed E-state index contributed by atoms with van der Waals surface area (Å²) in [6, 6.07) is 53.9. The SMILES string of the molecule is c1ccc(-c2nc(-c3ccccc3)nc(-c3ccc4c(c3)oc3ccc(-n5c6ccccc6c6cc7c(cc65)oc5ccccc57)cc34)n2)cc1. The van der Waals surface area contributed by atoms with Crippen molar-refractivity contribution in [2.24, 2.45) is 0 Å². The number of hydrogen-bond acceptors (Lipinski definition) is 5. The molecule has 238 valence electrons. The predicted molar refractivity (Wildman–Crippen MR) is 205 cm³/mol. The first kappa shape index (κ1) is 27.9. The first-order chi connectivity index (χ1) is 25.2. The van der Waals surface area contributed by atoms with Crippen molar-refractivity contribution < 1.29 is 8.83 Å². The quantitative estimate of drug-likeness (QED) is 0.189. The molecule has 0 aliphatic carbocycles. The van der Waals surface area contributed by atoms with Gasteiger partial charge >= 0.3 is 0 Å².